The molecule has 1 fully saturated rings. The lowest BCUT2D eigenvalue weighted by molar-refractivity contribution is 0.174. The van der Waals surface area contributed by atoms with Crippen molar-refractivity contribution in [1.29, 1.82) is 0 Å². The van der Waals surface area contributed by atoms with E-state index >= 15 is 0 Å². The van der Waals surface area contributed by atoms with E-state index in [9.17, 15) is 0 Å². The van der Waals surface area contributed by atoms with Crippen molar-refractivity contribution in [2.45, 2.75) is 52.1 Å². The normalized spacial score (nSPS) is 19.5. The number of piperidine rings is 1. The fourth-order valence-corrected chi connectivity index (χ4v) is 2.36. The second-order valence-corrected chi connectivity index (χ2v) is 5.36. The van der Waals surface area contributed by atoms with Crippen LogP contribution in [-0.4, -0.2) is 41.7 Å². The number of rotatable bonds is 4. The Labute approximate surface area is 105 Å². The van der Waals surface area contributed by atoms with Crippen LogP contribution in [0.4, 0.5) is 0 Å². The van der Waals surface area contributed by atoms with E-state index in [1.807, 2.05) is 0 Å². The summed E-state index contributed by atoms with van der Waals surface area (Å²) in [6.45, 7) is 9.90. The molecule has 0 bridgehead atoms. The lowest BCUT2D eigenvalue weighted by Gasteiger charge is -2.32. The first-order chi connectivity index (χ1) is 7.59. The quantitative estimate of drug-likeness (QED) is 0.736. The van der Waals surface area contributed by atoms with Crippen LogP contribution in [0.15, 0.2) is 0 Å². The fraction of sp³-hybridized carbons (Fsp3) is 0.917. The zero-order valence-corrected chi connectivity index (χ0v) is 11.6. The Kier molecular flexibility index (Phi) is 6.06. The van der Waals surface area contributed by atoms with Crippen LogP contribution in [0.5, 0.6) is 0 Å². The van der Waals surface area contributed by atoms with E-state index < -0.39 is 0 Å². The Morgan fingerprint density at radius 1 is 1.19 bits per heavy atom. The van der Waals surface area contributed by atoms with Gasteiger partial charge in [-0.3, -0.25) is 4.90 Å². The monoisotopic (exact) mass is 243 g/mol. The summed E-state index contributed by atoms with van der Waals surface area (Å²) in [5.41, 5.74) is 0. The second-order valence-electron chi connectivity index (χ2n) is 4.95. The first-order valence-corrected chi connectivity index (χ1v) is 6.79. The Hall–Kier alpha value is -0.350. The first-order valence-electron chi connectivity index (χ1n) is 6.38. The molecule has 0 aliphatic carbocycles. The number of nitrogens with one attached hydrogen (secondary N) is 2. The van der Waals surface area contributed by atoms with Crippen molar-refractivity contribution in [3.05, 3.63) is 0 Å². The molecule has 3 nitrogen and oxygen atoms in total. The molecule has 0 aromatic heterocycles. The summed E-state index contributed by atoms with van der Waals surface area (Å²) < 4.78 is 0. The number of hydrogen-bond donors (Lipinski definition) is 2. The summed E-state index contributed by atoms with van der Waals surface area (Å²) in [4.78, 5) is 2.55. The van der Waals surface area contributed by atoms with E-state index in [0.29, 0.717) is 12.1 Å². The van der Waals surface area contributed by atoms with Crippen molar-refractivity contribution in [2.24, 2.45) is 0 Å². The number of thiocarbonyl (C=S) groups is 1. The lowest BCUT2D eigenvalue weighted by atomic mass is 10.1. The highest BCUT2D eigenvalue weighted by Crippen LogP contribution is 2.11. The molecule has 16 heavy (non-hydrogen) atoms. The predicted octanol–water partition coefficient (Wildman–Crippen LogP) is 1.73. The van der Waals surface area contributed by atoms with Gasteiger partial charge in [-0.25, -0.2) is 0 Å². The molecule has 94 valence electrons. The number of nitrogens with zero attached hydrogens (tertiary/aromatic N) is 1. The third-order valence-electron chi connectivity index (χ3n) is 2.99. The van der Waals surface area contributed by atoms with Crippen molar-refractivity contribution in [2.75, 3.05) is 19.6 Å². The minimum absolute atomic E-state index is 0.408. The molecule has 4 heteroatoms. The van der Waals surface area contributed by atoms with Gasteiger partial charge >= 0.3 is 0 Å². The van der Waals surface area contributed by atoms with E-state index in [2.05, 4.69) is 36.3 Å². The molecule has 1 aliphatic heterocycles. The molecule has 1 atom stereocenters. The van der Waals surface area contributed by atoms with Crippen molar-refractivity contribution in [1.82, 2.24) is 15.5 Å². The standard InChI is InChI=1S/C12H25N3S/c1-10(2)14-12(16)13-9-11(3)15-7-5-4-6-8-15/h10-11H,4-9H2,1-3H3,(H2,13,14,16). The maximum Gasteiger partial charge on any atom is 0.166 e. The van der Waals surface area contributed by atoms with Crippen LogP contribution >= 0.6 is 12.2 Å². The minimum Gasteiger partial charge on any atom is -0.361 e. The third kappa shape index (κ3) is 5.12. The maximum absolute atomic E-state index is 5.21. The van der Waals surface area contributed by atoms with Crippen LogP contribution in [0.2, 0.25) is 0 Å². The van der Waals surface area contributed by atoms with Crippen LogP contribution in [0.3, 0.4) is 0 Å². The summed E-state index contributed by atoms with van der Waals surface area (Å²) >= 11 is 5.21. The summed E-state index contributed by atoms with van der Waals surface area (Å²) in [7, 11) is 0. The summed E-state index contributed by atoms with van der Waals surface area (Å²) in [6, 6.07) is 0.984. The molecule has 1 rings (SSSR count). The second kappa shape index (κ2) is 7.07. The fourth-order valence-electron chi connectivity index (χ4n) is 2.04. The molecule has 0 aromatic rings. The van der Waals surface area contributed by atoms with Crippen LogP contribution in [0.1, 0.15) is 40.0 Å². The van der Waals surface area contributed by atoms with Crippen LogP contribution in [0.25, 0.3) is 0 Å². The zero-order valence-electron chi connectivity index (χ0n) is 10.8. The van der Waals surface area contributed by atoms with Crippen LogP contribution in [0, 0.1) is 0 Å². The highest BCUT2D eigenvalue weighted by Gasteiger charge is 2.16. The van der Waals surface area contributed by atoms with Gasteiger partial charge in [0.25, 0.3) is 0 Å². The van der Waals surface area contributed by atoms with Crippen molar-refractivity contribution < 1.29 is 0 Å². The van der Waals surface area contributed by atoms with Gasteiger partial charge in [-0.15, -0.1) is 0 Å². The number of likely N-dealkylation sites (tertiary alicyclic amines) is 1. The molecular weight excluding hydrogens is 218 g/mol. The molecule has 0 spiro atoms. The Balaban J connectivity index is 2.18. The molecule has 0 aromatic carbocycles. The number of hydrogen-bond acceptors (Lipinski definition) is 2. The van der Waals surface area contributed by atoms with E-state index in [0.717, 1.165) is 11.7 Å². The molecule has 0 saturated carbocycles. The van der Waals surface area contributed by atoms with E-state index in [-0.39, 0.29) is 0 Å². The van der Waals surface area contributed by atoms with Crippen LogP contribution < -0.4 is 10.6 Å². The zero-order chi connectivity index (χ0) is 12.0. The smallest absolute Gasteiger partial charge is 0.166 e. The van der Waals surface area contributed by atoms with Gasteiger partial charge in [0.2, 0.25) is 0 Å². The van der Waals surface area contributed by atoms with E-state index in [4.69, 9.17) is 12.2 Å². The van der Waals surface area contributed by atoms with Crippen molar-refractivity contribution in [3.8, 4) is 0 Å². The van der Waals surface area contributed by atoms with E-state index in [1.165, 1.54) is 32.4 Å². The maximum atomic E-state index is 5.21. The van der Waals surface area contributed by atoms with Gasteiger partial charge in [0, 0.05) is 18.6 Å². The molecule has 1 heterocycles. The highest BCUT2D eigenvalue weighted by atomic mass is 32.1. The van der Waals surface area contributed by atoms with Crippen molar-refractivity contribution >= 4 is 17.3 Å². The van der Waals surface area contributed by atoms with E-state index in [1.54, 1.807) is 0 Å². The Morgan fingerprint density at radius 2 is 1.81 bits per heavy atom. The van der Waals surface area contributed by atoms with Gasteiger partial charge in [-0.2, -0.15) is 0 Å². The van der Waals surface area contributed by atoms with Gasteiger partial charge in [0.15, 0.2) is 5.11 Å². The van der Waals surface area contributed by atoms with Crippen molar-refractivity contribution in [3.63, 3.8) is 0 Å². The Bertz CT molecular complexity index is 212. The molecular formula is C12H25N3S. The van der Waals surface area contributed by atoms with Gasteiger partial charge in [-0.05, 0) is 58.9 Å². The molecule has 1 aliphatic rings. The minimum atomic E-state index is 0.408. The third-order valence-corrected chi connectivity index (χ3v) is 3.25. The first kappa shape index (κ1) is 13.7. The SMILES string of the molecule is CC(C)NC(=S)NCC(C)N1CCCCC1. The predicted molar refractivity (Wildman–Crippen MR) is 73.8 cm³/mol. The lowest BCUT2D eigenvalue weighted by Crippen LogP contribution is -2.47. The molecule has 0 amide bonds. The largest absolute Gasteiger partial charge is 0.361 e. The topological polar surface area (TPSA) is 27.3 Å². The average molecular weight is 243 g/mol. The average Bonchev–Trinajstić information content (AvgIpc) is 2.26. The summed E-state index contributed by atoms with van der Waals surface area (Å²) in [5, 5.41) is 7.27. The summed E-state index contributed by atoms with van der Waals surface area (Å²) in [5.74, 6) is 0. The Morgan fingerprint density at radius 3 is 2.38 bits per heavy atom. The van der Waals surface area contributed by atoms with Gasteiger partial charge in [-0.1, -0.05) is 6.42 Å². The summed E-state index contributed by atoms with van der Waals surface area (Å²) in [6.07, 6.45) is 4.09. The highest BCUT2D eigenvalue weighted by molar-refractivity contribution is 7.80. The van der Waals surface area contributed by atoms with Gasteiger partial charge < -0.3 is 10.6 Å². The van der Waals surface area contributed by atoms with Crippen LogP contribution in [-0.2, 0) is 0 Å². The molecule has 1 saturated heterocycles. The van der Waals surface area contributed by atoms with Gasteiger partial charge in [0.05, 0.1) is 0 Å². The molecule has 1 unspecified atom stereocenters. The molecule has 0 radical (unpaired) electrons. The molecule has 2 N–H and O–H groups in total. The van der Waals surface area contributed by atoms with Gasteiger partial charge in [0.1, 0.15) is 0 Å².